The van der Waals surface area contributed by atoms with Crippen molar-refractivity contribution in [3.8, 4) is 11.5 Å². The van der Waals surface area contributed by atoms with E-state index >= 15 is 0 Å². The van der Waals surface area contributed by atoms with Crippen LogP contribution in [-0.4, -0.2) is 37.2 Å². The maximum atomic E-state index is 11.9. The molecule has 1 unspecified atom stereocenters. The first-order valence-electron chi connectivity index (χ1n) is 6.49. The number of nitrogens with one attached hydrogen (secondary N) is 1. The largest absolute Gasteiger partial charge is 0.454 e. The number of benzene rings is 1. The van der Waals surface area contributed by atoms with Crippen molar-refractivity contribution in [2.45, 2.75) is 26.4 Å². The molecule has 1 atom stereocenters. The molecule has 1 aromatic carbocycles. The predicted molar refractivity (Wildman–Crippen MR) is 72.2 cm³/mol. The third-order valence-electron chi connectivity index (χ3n) is 3.30. The van der Waals surface area contributed by atoms with E-state index in [-0.39, 0.29) is 18.7 Å². The number of hydrogen-bond donors (Lipinski definition) is 1. The van der Waals surface area contributed by atoms with Crippen LogP contribution in [0.2, 0.25) is 0 Å². The van der Waals surface area contributed by atoms with E-state index in [9.17, 15) is 4.79 Å². The highest BCUT2D eigenvalue weighted by Gasteiger charge is 2.19. The van der Waals surface area contributed by atoms with Crippen LogP contribution < -0.4 is 14.8 Å². The fraction of sp³-hybridized carbons (Fsp3) is 0.500. The van der Waals surface area contributed by atoms with Crippen molar-refractivity contribution in [3.05, 3.63) is 23.8 Å². The van der Waals surface area contributed by atoms with Crippen molar-refractivity contribution in [2.75, 3.05) is 20.4 Å². The van der Waals surface area contributed by atoms with Gasteiger partial charge in [0.1, 0.15) is 0 Å². The highest BCUT2D eigenvalue weighted by molar-refractivity contribution is 5.81. The first kappa shape index (κ1) is 13.7. The highest BCUT2D eigenvalue weighted by atomic mass is 16.7. The van der Waals surface area contributed by atoms with Gasteiger partial charge in [-0.25, -0.2) is 0 Å². The molecule has 0 aromatic heterocycles. The lowest BCUT2D eigenvalue weighted by Crippen LogP contribution is -2.42. The summed E-state index contributed by atoms with van der Waals surface area (Å²) in [6.07, 6.45) is 0. The minimum Gasteiger partial charge on any atom is -0.454 e. The Bertz CT molecular complexity index is 462. The van der Waals surface area contributed by atoms with Gasteiger partial charge in [0.05, 0.1) is 6.04 Å². The quantitative estimate of drug-likeness (QED) is 0.872. The summed E-state index contributed by atoms with van der Waals surface area (Å²) in [5, 5.41) is 3.22. The number of fused-ring (bicyclic) bond motifs is 1. The number of para-hydroxylation sites is 1. The lowest BCUT2D eigenvalue weighted by Gasteiger charge is -2.20. The van der Waals surface area contributed by atoms with E-state index in [0.29, 0.717) is 13.1 Å². The highest BCUT2D eigenvalue weighted by Crippen LogP contribution is 2.35. The molecule has 104 valence electrons. The van der Waals surface area contributed by atoms with E-state index in [2.05, 4.69) is 5.32 Å². The fourth-order valence-corrected chi connectivity index (χ4v) is 1.97. The molecule has 1 aromatic rings. The number of carbonyl (C=O) groups is 1. The maximum absolute atomic E-state index is 11.9. The van der Waals surface area contributed by atoms with Crippen LogP contribution in [0.4, 0.5) is 0 Å². The summed E-state index contributed by atoms with van der Waals surface area (Å²) >= 11 is 0. The van der Waals surface area contributed by atoms with Crippen LogP contribution in [0.1, 0.15) is 19.4 Å². The fourth-order valence-electron chi connectivity index (χ4n) is 1.97. The van der Waals surface area contributed by atoms with Crippen LogP contribution in [-0.2, 0) is 11.3 Å². The van der Waals surface area contributed by atoms with Gasteiger partial charge < -0.3 is 19.7 Å². The van der Waals surface area contributed by atoms with Crippen LogP contribution >= 0.6 is 0 Å². The normalized spacial score (nSPS) is 14.3. The number of amides is 1. The average molecular weight is 264 g/mol. The Morgan fingerprint density at radius 3 is 3.00 bits per heavy atom. The van der Waals surface area contributed by atoms with E-state index in [1.807, 2.05) is 32.0 Å². The second-order valence-corrected chi connectivity index (χ2v) is 4.61. The van der Waals surface area contributed by atoms with Crippen molar-refractivity contribution in [3.63, 3.8) is 0 Å². The summed E-state index contributed by atoms with van der Waals surface area (Å²) in [5.41, 5.74) is 1.01. The summed E-state index contributed by atoms with van der Waals surface area (Å²) in [6.45, 7) is 5.38. The van der Waals surface area contributed by atoms with Gasteiger partial charge in [-0.15, -0.1) is 0 Å². The van der Waals surface area contributed by atoms with Gasteiger partial charge in [-0.2, -0.15) is 0 Å². The van der Waals surface area contributed by atoms with Gasteiger partial charge in [-0.1, -0.05) is 12.1 Å². The average Bonchev–Trinajstić information content (AvgIpc) is 2.91. The molecule has 0 aliphatic carbocycles. The SMILES string of the molecule is CCN(C)C(=O)C(C)NCc1cccc2c1OCO2. The van der Waals surface area contributed by atoms with Crippen LogP contribution in [0.25, 0.3) is 0 Å². The Hall–Kier alpha value is -1.75. The van der Waals surface area contributed by atoms with Gasteiger partial charge in [-0.3, -0.25) is 4.79 Å². The van der Waals surface area contributed by atoms with E-state index in [0.717, 1.165) is 17.1 Å². The Labute approximate surface area is 113 Å². The van der Waals surface area contributed by atoms with E-state index in [1.54, 1.807) is 11.9 Å². The zero-order chi connectivity index (χ0) is 13.8. The molecule has 1 aliphatic heterocycles. The van der Waals surface area contributed by atoms with Crippen LogP contribution in [0, 0.1) is 0 Å². The molecular formula is C14H20N2O3. The Morgan fingerprint density at radius 2 is 2.26 bits per heavy atom. The van der Waals surface area contributed by atoms with Gasteiger partial charge in [0.2, 0.25) is 12.7 Å². The Balaban J connectivity index is 1.96. The minimum atomic E-state index is -0.219. The topological polar surface area (TPSA) is 50.8 Å². The molecule has 1 amide bonds. The van der Waals surface area contributed by atoms with Crippen LogP contribution in [0.15, 0.2) is 18.2 Å². The standard InChI is InChI=1S/C14H20N2O3/c1-4-16(3)14(17)10(2)15-8-11-6-5-7-12-13(11)19-9-18-12/h5-7,10,15H,4,8-9H2,1-3H3. The van der Waals surface area contributed by atoms with Gasteiger partial charge in [0.25, 0.3) is 0 Å². The minimum absolute atomic E-state index is 0.0900. The molecule has 0 bridgehead atoms. The van der Waals surface area contributed by atoms with Crippen molar-refractivity contribution in [1.29, 1.82) is 0 Å². The van der Waals surface area contributed by atoms with Crippen LogP contribution in [0.3, 0.4) is 0 Å². The molecule has 1 heterocycles. The summed E-state index contributed by atoms with van der Waals surface area (Å²) in [5.74, 6) is 1.63. The number of ether oxygens (including phenoxy) is 2. The van der Waals surface area contributed by atoms with Crippen molar-refractivity contribution < 1.29 is 14.3 Å². The molecular weight excluding hydrogens is 244 g/mol. The van der Waals surface area contributed by atoms with Gasteiger partial charge in [0.15, 0.2) is 11.5 Å². The Morgan fingerprint density at radius 1 is 1.47 bits per heavy atom. The molecule has 1 aliphatic rings. The lowest BCUT2D eigenvalue weighted by molar-refractivity contribution is -0.131. The van der Waals surface area contributed by atoms with E-state index in [4.69, 9.17) is 9.47 Å². The maximum Gasteiger partial charge on any atom is 0.239 e. The summed E-state index contributed by atoms with van der Waals surface area (Å²) in [6, 6.07) is 5.56. The van der Waals surface area contributed by atoms with Crippen molar-refractivity contribution in [1.82, 2.24) is 10.2 Å². The third-order valence-corrected chi connectivity index (χ3v) is 3.30. The van der Waals surface area contributed by atoms with Gasteiger partial charge >= 0.3 is 0 Å². The number of nitrogens with zero attached hydrogens (tertiary/aromatic N) is 1. The summed E-state index contributed by atoms with van der Waals surface area (Å²) in [4.78, 5) is 13.6. The summed E-state index contributed by atoms with van der Waals surface area (Å²) in [7, 11) is 1.80. The molecule has 0 radical (unpaired) electrons. The molecule has 19 heavy (non-hydrogen) atoms. The molecule has 5 nitrogen and oxygen atoms in total. The monoisotopic (exact) mass is 264 g/mol. The molecule has 0 fully saturated rings. The third kappa shape index (κ3) is 2.98. The number of likely N-dealkylation sites (N-methyl/N-ethyl adjacent to an activating group) is 1. The molecule has 0 spiro atoms. The Kier molecular flexibility index (Phi) is 4.27. The smallest absolute Gasteiger partial charge is 0.239 e. The predicted octanol–water partition coefficient (Wildman–Crippen LogP) is 1.37. The zero-order valence-corrected chi connectivity index (χ0v) is 11.6. The second kappa shape index (κ2) is 5.93. The van der Waals surface area contributed by atoms with Crippen LogP contribution in [0.5, 0.6) is 11.5 Å². The molecule has 2 rings (SSSR count). The van der Waals surface area contributed by atoms with E-state index in [1.165, 1.54) is 0 Å². The number of rotatable bonds is 5. The zero-order valence-electron chi connectivity index (χ0n) is 11.6. The second-order valence-electron chi connectivity index (χ2n) is 4.61. The number of carbonyl (C=O) groups excluding carboxylic acids is 1. The van der Waals surface area contributed by atoms with Gasteiger partial charge in [0, 0.05) is 25.7 Å². The first-order valence-corrected chi connectivity index (χ1v) is 6.49. The van der Waals surface area contributed by atoms with Crippen molar-refractivity contribution >= 4 is 5.91 Å². The van der Waals surface area contributed by atoms with E-state index < -0.39 is 0 Å². The molecule has 5 heteroatoms. The van der Waals surface area contributed by atoms with Gasteiger partial charge in [-0.05, 0) is 19.9 Å². The molecule has 1 N–H and O–H groups in total. The molecule has 0 saturated heterocycles. The lowest BCUT2D eigenvalue weighted by atomic mass is 10.1. The first-order chi connectivity index (χ1) is 9.13. The van der Waals surface area contributed by atoms with Crippen molar-refractivity contribution in [2.24, 2.45) is 0 Å². The molecule has 0 saturated carbocycles. The number of hydrogen-bond acceptors (Lipinski definition) is 4. The summed E-state index contributed by atoms with van der Waals surface area (Å²) < 4.78 is 10.8.